The molecule has 0 aliphatic carbocycles. The van der Waals surface area contributed by atoms with E-state index in [0.717, 1.165) is 94.8 Å². The Morgan fingerprint density at radius 1 is 0.594 bits per heavy atom. The van der Waals surface area contributed by atoms with Crippen LogP contribution in [0.25, 0.3) is 44.6 Å². The van der Waals surface area contributed by atoms with Crippen LogP contribution in [0.3, 0.4) is 0 Å². The van der Waals surface area contributed by atoms with Gasteiger partial charge in [0.1, 0.15) is 47.4 Å². The summed E-state index contributed by atoms with van der Waals surface area (Å²) in [6.07, 6.45) is 24.5. The molecule has 0 spiro atoms. The van der Waals surface area contributed by atoms with Crippen molar-refractivity contribution in [2.24, 2.45) is 0 Å². The first kappa shape index (κ1) is 51.9. The second-order valence-electron chi connectivity index (χ2n) is 17.8. The van der Waals surface area contributed by atoms with Gasteiger partial charge in [-0.1, -0.05) is 139 Å². The largest absolute Gasteiger partial charge is 0.489 e. The summed E-state index contributed by atoms with van der Waals surface area (Å²) in [5, 5.41) is 2.45. The van der Waals surface area contributed by atoms with E-state index in [-0.39, 0.29) is 5.04 Å². The van der Waals surface area contributed by atoms with E-state index in [1.807, 2.05) is 48.6 Å². The van der Waals surface area contributed by atoms with Gasteiger partial charge in [-0.3, -0.25) is 0 Å². The molecule has 4 aromatic carbocycles. The second-order valence-corrected chi connectivity index (χ2v) is 22.6. The molecule has 0 atom stereocenters. The number of ether oxygens (including phenoxy) is 2. The van der Waals surface area contributed by atoms with Crippen molar-refractivity contribution in [3.63, 3.8) is 0 Å². The van der Waals surface area contributed by atoms with Crippen molar-refractivity contribution >= 4 is 41.9 Å². The fourth-order valence-electron chi connectivity index (χ4n) is 6.80. The van der Waals surface area contributed by atoms with Gasteiger partial charge in [0, 0.05) is 47.0 Å². The topological polar surface area (TPSA) is 54.0 Å². The van der Waals surface area contributed by atoms with Crippen LogP contribution in [0.15, 0.2) is 143 Å². The van der Waals surface area contributed by atoms with E-state index in [1.165, 1.54) is 56.0 Å². The predicted octanol–water partition coefficient (Wildman–Crippen LogP) is 17.8. The van der Waals surface area contributed by atoms with Gasteiger partial charge >= 0.3 is 0 Å². The number of hydrogen-bond acceptors (Lipinski definition) is 5. The normalized spacial score (nSPS) is 11.8. The van der Waals surface area contributed by atoms with E-state index in [2.05, 4.69) is 145 Å². The molecule has 0 fully saturated rings. The summed E-state index contributed by atoms with van der Waals surface area (Å²) >= 11 is 4.64. The van der Waals surface area contributed by atoms with E-state index < -0.39 is 8.32 Å². The van der Waals surface area contributed by atoms with E-state index in [1.54, 1.807) is 0 Å². The van der Waals surface area contributed by atoms with Crippen LogP contribution in [0, 0.1) is 0 Å². The maximum Gasteiger partial charge on any atom is 0.191 e. The van der Waals surface area contributed by atoms with Crippen LogP contribution in [0.2, 0.25) is 18.1 Å². The lowest BCUT2D eigenvalue weighted by Gasteiger charge is -2.36. The van der Waals surface area contributed by atoms with Gasteiger partial charge in [-0.15, -0.1) is 18.2 Å². The molecule has 0 bridgehead atoms. The van der Waals surface area contributed by atoms with Crippen molar-refractivity contribution in [2.45, 2.75) is 123 Å². The lowest BCUT2D eigenvalue weighted by molar-refractivity contribution is 0.283. The summed E-state index contributed by atoms with van der Waals surface area (Å²) in [5.41, 5.74) is 6.72. The van der Waals surface area contributed by atoms with Gasteiger partial charge in [-0.05, 0) is 111 Å². The lowest BCUT2D eigenvalue weighted by atomic mass is 10.0. The SMILES string of the molecule is C=CC/C=C/COc1ccc2cc(-c3ccc(CCCCC)cc3)oc2c1.CCCCCc1ccc(-c2cc3ccc(OC/C=C/CCCO[Si](C)(C)C(C)(C)C)cc3o2)cc1.CCl. The summed E-state index contributed by atoms with van der Waals surface area (Å²) in [6, 6.07) is 33.8. The highest BCUT2D eigenvalue weighted by atomic mass is 35.5. The van der Waals surface area contributed by atoms with Gasteiger partial charge in [0.15, 0.2) is 8.32 Å². The molecule has 6 aromatic rings. The third kappa shape index (κ3) is 17.0. The number of halogens is 1. The maximum absolute atomic E-state index is 6.23. The molecular formula is C57H75ClO5Si. The molecule has 0 radical (unpaired) electrons. The number of aryl methyl sites for hydroxylation is 2. The predicted molar refractivity (Wildman–Crippen MR) is 278 cm³/mol. The van der Waals surface area contributed by atoms with Crippen LogP contribution in [-0.4, -0.2) is 34.5 Å². The molecule has 64 heavy (non-hydrogen) atoms. The van der Waals surface area contributed by atoms with Gasteiger partial charge in [0.25, 0.3) is 0 Å². The zero-order chi connectivity index (χ0) is 46.2. The van der Waals surface area contributed by atoms with E-state index >= 15 is 0 Å². The minimum atomic E-state index is -1.63. The molecule has 0 amide bonds. The van der Waals surface area contributed by atoms with Crippen LogP contribution >= 0.6 is 11.6 Å². The highest BCUT2D eigenvalue weighted by Crippen LogP contribution is 2.37. The Bertz CT molecular complexity index is 2290. The summed E-state index contributed by atoms with van der Waals surface area (Å²) in [4.78, 5) is 0. The van der Waals surface area contributed by atoms with Gasteiger partial charge in [0.05, 0.1) is 0 Å². The van der Waals surface area contributed by atoms with Crippen LogP contribution in [0.4, 0.5) is 0 Å². The minimum Gasteiger partial charge on any atom is -0.489 e. The fourth-order valence-corrected chi connectivity index (χ4v) is 7.88. The highest BCUT2D eigenvalue weighted by molar-refractivity contribution is 6.74. The average molecular weight is 904 g/mol. The Morgan fingerprint density at radius 3 is 1.50 bits per heavy atom. The first-order valence-electron chi connectivity index (χ1n) is 23.4. The Labute approximate surface area is 391 Å². The lowest BCUT2D eigenvalue weighted by Crippen LogP contribution is -2.40. The Hall–Kier alpha value is -4.75. The molecule has 6 rings (SSSR count). The summed E-state index contributed by atoms with van der Waals surface area (Å²) in [6.45, 7) is 21.6. The number of benzene rings is 4. The molecule has 0 saturated carbocycles. The molecule has 7 heteroatoms. The molecule has 2 aromatic heterocycles. The smallest absolute Gasteiger partial charge is 0.191 e. The van der Waals surface area contributed by atoms with Crippen molar-refractivity contribution in [2.75, 3.05) is 26.2 Å². The van der Waals surface area contributed by atoms with Crippen molar-refractivity contribution in [1.82, 2.24) is 0 Å². The maximum atomic E-state index is 6.23. The van der Waals surface area contributed by atoms with Crippen LogP contribution in [-0.2, 0) is 17.3 Å². The van der Waals surface area contributed by atoms with Crippen molar-refractivity contribution < 1.29 is 22.7 Å². The van der Waals surface area contributed by atoms with Crippen molar-refractivity contribution in [3.05, 3.63) is 145 Å². The van der Waals surface area contributed by atoms with Crippen molar-refractivity contribution in [1.29, 1.82) is 0 Å². The number of unbranched alkanes of at least 4 members (excludes halogenated alkanes) is 5. The molecule has 0 N–H and O–H groups in total. The monoisotopic (exact) mass is 903 g/mol. The number of rotatable bonds is 23. The van der Waals surface area contributed by atoms with E-state index in [9.17, 15) is 0 Å². The fraction of sp³-hybridized carbons (Fsp3) is 0.404. The third-order valence-corrected chi connectivity index (χ3v) is 16.2. The Morgan fingerprint density at radius 2 is 1.06 bits per heavy atom. The molecule has 0 aliphatic heterocycles. The zero-order valence-electron chi connectivity index (χ0n) is 40.2. The summed E-state index contributed by atoms with van der Waals surface area (Å²) in [5.74, 6) is 3.44. The van der Waals surface area contributed by atoms with Crippen LogP contribution in [0.1, 0.15) is 104 Å². The standard InChI is InChI=1S/C31H44O3Si.C25H28O2.CH3Cl/c1-7-8-11-14-25-15-17-26(18-16-25)29-23-27-19-20-28(24-30(27)34-29)32-21-12-9-10-13-22-33-35(5,6)31(2,3)4;1-3-5-7-9-17-26-23-16-15-22-18-24(27-25(22)19-23)21-13-11-20(12-14-21)10-8-6-4-2;1-2/h9,12,15-20,23-24H,7-8,10-11,13-14,21-22H2,1-6H3;3,7,9,11-16,18-19H,1,4-6,8,10,17H2,2H3;1H3/b12-9+;9-7+;. The summed E-state index contributed by atoms with van der Waals surface area (Å²) in [7, 11) is -1.63. The second kappa shape index (κ2) is 27.5. The van der Waals surface area contributed by atoms with Crippen molar-refractivity contribution in [3.8, 4) is 34.1 Å². The molecule has 0 saturated heterocycles. The number of allylic oxidation sites excluding steroid dienone is 3. The molecular weight excluding hydrogens is 828 g/mol. The first-order valence-corrected chi connectivity index (χ1v) is 27.1. The van der Waals surface area contributed by atoms with Crippen LogP contribution in [0.5, 0.6) is 11.5 Å². The molecule has 0 unspecified atom stereocenters. The quantitative estimate of drug-likeness (QED) is 0.0277. The van der Waals surface area contributed by atoms with Crippen LogP contribution < -0.4 is 9.47 Å². The molecule has 2 heterocycles. The molecule has 344 valence electrons. The number of hydrogen-bond donors (Lipinski definition) is 0. The molecule has 0 aliphatic rings. The number of fused-ring (bicyclic) bond motifs is 2. The van der Waals surface area contributed by atoms with E-state index in [0.29, 0.717) is 13.2 Å². The van der Waals surface area contributed by atoms with Gasteiger partial charge in [-0.2, -0.15) is 0 Å². The number of alkyl halides is 1. The van der Waals surface area contributed by atoms with Gasteiger partial charge < -0.3 is 22.7 Å². The van der Waals surface area contributed by atoms with E-state index in [4.69, 9.17) is 22.7 Å². The zero-order valence-corrected chi connectivity index (χ0v) is 41.9. The molecule has 5 nitrogen and oxygen atoms in total. The van der Waals surface area contributed by atoms with Gasteiger partial charge in [-0.25, -0.2) is 0 Å². The number of furan rings is 2. The van der Waals surface area contributed by atoms with Gasteiger partial charge in [0.2, 0.25) is 0 Å². The Balaban J connectivity index is 0.000000278. The minimum absolute atomic E-state index is 0.269. The summed E-state index contributed by atoms with van der Waals surface area (Å²) < 4.78 is 30.1. The Kier molecular flexibility index (Phi) is 22.3. The average Bonchev–Trinajstić information content (AvgIpc) is 3.93. The first-order chi connectivity index (χ1) is 31.0. The highest BCUT2D eigenvalue weighted by Gasteiger charge is 2.36. The third-order valence-electron chi connectivity index (χ3n) is 11.7.